The van der Waals surface area contributed by atoms with Crippen LogP contribution in [-0.2, 0) is 0 Å². The third-order valence-electron chi connectivity index (χ3n) is 3.70. The number of hydrogen-bond acceptors (Lipinski definition) is 5. The Labute approximate surface area is 128 Å². The quantitative estimate of drug-likeness (QED) is 0.782. The van der Waals surface area contributed by atoms with E-state index in [1.54, 1.807) is 12.1 Å². The molecule has 0 spiro atoms. The number of ether oxygens (including phenoxy) is 1. The topological polar surface area (TPSA) is 75.5 Å². The minimum atomic E-state index is -0.242. The number of amides is 1. The monoisotopic (exact) mass is 301 g/mol. The number of hydrogen-bond donors (Lipinski definition) is 3. The predicted molar refractivity (Wildman–Crippen MR) is 81.5 cm³/mol. The fourth-order valence-corrected chi connectivity index (χ4v) is 2.51. The lowest BCUT2D eigenvalue weighted by molar-refractivity contribution is 0.0916. The maximum atomic E-state index is 12.0. The zero-order valence-corrected chi connectivity index (χ0v) is 12.3. The van der Waals surface area contributed by atoms with Crippen molar-refractivity contribution < 1.29 is 13.9 Å². The van der Waals surface area contributed by atoms with Crippen molar-refractivity contribution in [2.24, 2.45) is 0 Å². The number of rotatable bonds is 5. The Kier molecular flexibility index (Phi) is 4.41. The molecule has 1 amide bonds. The molecule has 2 aromatic rings. The minimum absolute atomic E-state index is 0.172. The summed E-state index contributed by atoms with van der Waals surface area (Å²) in [6.07, 6.45) is 0.909. The second-order valence-electron chi connectivity index (χ2n) is 5.22. The summed E-state index contributed by atoms with van der Waals surface area (Å²) in [6.45, 7) is 0.526. The Hall–Kier alpha value is -2.31. The number of carbonyl (C=O) groups excluding carboxylic acids is 1. The molecule has 1 aliphatic rings. The second kappa shape index (κ2) is 6.64. The van der Waals surface area contributed by atoms with Crippen LogP contribution in [0.2, 0.25) is 0 Å². The van der Waals surface area contributed by atoms with Gasteiger partial charge in [-0.3, -0.25) is 10.2 Å². The molecule has 2 atom stereocenters. The molecule has 0 aliphatic carbocycles. The van der Waals surface area contributed by atoms with E-state index in [1.807, 2.05) is 18.2 Å². The van der Waals surface area contributed by atoms with Crippen LogP contribution in [0.4, 0.5) is 0 Å². The van der Waals surface area contributed by atoms with E-state index in [2.05, 4.69) is 28.3 Å². The van der Waals surface area contributed by atoms with Crippen LogP contribution < -0.4 is 20.9 Å². The Morgan fingerprint density at radius 1 is 1.27 bits per heavy atom. The van der Waals surface area contributed by atoms with Gasteiger partial charge in [-0.2, -0.15) is 0 Å². The van der Waals surface area contributed by atoms with Gasteiger partial charge in [0.05, 0.1) is 7.11 Å². The van der Waals surface area contributed by atoms with E-state index in [4.69, 9.17) is 9.15 Å². The first kappa shape index (κ1) is 14.6. The van der Waals surface area contributed by atoms with E-state index in [0.717, 1.165) is 6.42 Å². The van der Waals surface area contributed by atoms with Gasteiger partial charge in [-0.1, -0.05) is 30.3 Å². The van der Waals surface area contributed by atoms with Gasteiger partial charge in [0.25, 0.3) is 11.9 Å². The van der Waals surface area contributed by atoms with E-state index >= 15 is 0 Å². The average molecular weight is 301 g/mol. The van der Waals surface area contributed by atoms with Gasteiger partial charge < -0.3 is 14.5 Å². The SMILES string of the molecule is COc1ccc(C(=O)NCC2CC(c3ccccc3)NN2)o1. The van der Waals surface area contributed by atoms with Crippen molar-refractivity contribution in [3.05, 3.63) is 53.8 Å². The lowest BCUT2D eigenvalue weighted by Crippen LogP contribution is -2.40. The minimum Gasteiger partial charge on any atom is -0.468 e. The van der Waals surface area contributed by atoms with Crippen LogP contribution in [0.25, 0.3) is 0 Å². The van der Waals surface area contributed by atoms with Gasteiger partial charge in [0.1, 0.15) is 0 Å². The number of hydrazine groups is 1. The summed E-state index contributed by atoms with van der Waals surface area (Å²) in [5.41, 5.74) is 7.70. The van der Waals surface area contributed by atoms with Crippen LogP contribution >= 0.6 is 0 Å². The molecule has 0 saturated carbocycles. The van der Waals surface area contributed by atoms with Gasteiger partial charge in [-0.15, -0.1) is 0 Å². The van der Waals surface area contributed by atoms with Crippen molar-refractivity contribution in [2.45, 2.75) is 18.5 Å². The number of benzene rings is 1. The molecule has 1 saturated heterocycles. The van der Waals surface area contributed by atoms with Crippen LogP contribution in [0, 0.1) is 0 Å². The maximum Gasteiger partial charge on any atom is 0.287 e. The van der Waals surface area contributed by atoms with Crippen LogP contribution in [0.1, 0.15) is 28.6 Å². The fraction of sp³-hybridized carbons (Fsp3) is 0.312. The normalized spacial score (nSPS) is 20.8. The second-order valence-corrected chi connectivity index (χ2v) is 5.22. The Bertz CT molecular complexity index is 627. The summed E-state index contributed by atoms with van der Waals surface area (Å²) in [6, 6.07) is 13.9. The number of carbonyl (C=O) groups is 1. The predicted octanol–water partition coefficient (Wildman–Crippen LogP) is 1.63. The van der Waals surface area contributed by atoms with Crippen LogP contribution in [0.5, 0.6) is 5.95 Å². The zero-order valence-electron chi connectivity index (χ0n) is 12.3. The highest BCUT2D eigenvalue weighted by Gasteiger charge is 2.25. The first-order valence-corrected chi connectivity index (χ1v) is 7.24. The van der Waals surface area contributed by atoms with E-state index < -0.39 is 0 Å². The summed E-state index contributed by atoms with van der Waals surface area (Å²) in [5.74, 6) is 0.339. The average Bonchev–Trinajstić information content (AvgIpc) is 3.22. The van der Waals surface area contributed by atoms with Gasteiger partial charge in [0.2, 0.25) is 0 Å². The summed E-state index contributed by atoms with van der Waals surface area (Å²) in [7, 11) is 1.50. The van der Waals surface area contributed by atoms with Crippen molar-refractivity contribution in [1.82, 2.24) is 16.2 Å². The lowest BCUT2D eigenvalue weighted by Gasteiger charge is -2.10. The van der Waals surface area contributed by atoms with Gasteiger partial charge >= 0.3 is 0 Å². The molecule has 0 radical (unpaired) electrons. The van der Waals surface area contributed by atoms with Gasteiger partial charge in [-0.25, -0.2) is 5.43 Å². The highest BCUT2D eigenvalue weighted by Crippen LogP contribution is 2.21. The molecule has 1 aromatic heterocycles. The standard InChI is InChI=1S/C16H19N3O3/c1-21-15-8-7-14(22-15)16(20)17-10-12-9-13(19-18-12)11-5-3-2-4-6-11/h2-8,12-13,18-19H,9-10H2,1H3,(H,17,20). The molecule has 3 N–H and O–H groups in total. The van der Waals surface area contributed by atoms with E-state index in [-0.39, 0.29) is 23.8 Å². The summed E-state index contributed by atoms with van der Waals surface area (Å²) in [5, 5.41) is 2.86. The number of methoxy groups -OCH3 is 1. The first-order chi connectivity index (χ1) is 10.8. The smallest absolute Gasteiger partial charge is 0.287 e. The van der Waals surface area contributed by atoms with Gasteiger partial charge in [-0.05, 0) is 18.1 Å². The fourth-order valence-electron chi connectivity index (χ4n) is 2.51. The van der Waals surface area contributed by atoms with Crippen molar-refractivity contribution in [3.63, 3.8) is 0 Å². The summed E-state index contributed by atoms with van der Waals surface area (Å²) < 4.78 is 10.1. The molecule has 2 heterocycles. The zero-order chi connectivity index (χ0) is 15.4. The molecule has 2 unspecified atom stereocenters. The van der Waals surface area contributed by atoms with Gasteiger partial charge in [0, 0.05) is 24.7 Å². The van der Waals surface area contributed by atoms with Crippen LogP contribution in [0.3, 0.4) is 0 Å². The lowest BCUT2D eigenvalue weighted by atomic mass is 10.0. The molecule has 1 aromatic carbocycles. The highest BCUT2D eigenvalue weighted by atomic mass is 16.6. The van der Waals surface area contributed by atoms with Crippen LogP contribution in [0.15, 0.2) is 46.9 Å². The van der Waals surface area contributed by atoms with Crippen molar-refractivity contribution in [2.75, 3.05) is 13.7 Å². The molecule has 22 heavy (non-hydrogen) atoms. The van der Waals surface area contributed by atoms with Crippen molar-refractivity contribution >= 4 is 5.91 Å². The molecule has 0 bridgehead atoms. The molecule has 6 nitrogen and oxygen atoms in total. The van der Waals surface area contributed by atoms with Crippen LogP contribution in [-0.4, -0.2) is 25.6 Å². The molecule has 6 heteroatoms. The molecule has 3 rings (SSSR count). The Balaban J connectivity index is 1.49. The Morgan fingerprint density at radius 3 is 2.82 bits per heavy atom. The van der Waals surface area contributed by atoms with E-state index in [9.17, 15) is 4.79 Å². The number of nitrogens with one attached hydrogen (secondary N) is 3. The third kappa shape index (κ3) is 3.29. The summed E-state index contributed by atoms with van der Waals surface area (Å²) >= 11 is 0. The van der Waals surface area contributed by atoms with E-state index in [0.29, 0.717) is 12.5 Å². The molecular formula is C16H19N3O3. The van der Waals surface area contributed by atoms with Crippen molar-refractivity contribution in [1.29, 1.82) is 0 Å². The molecule has 116 valence electrons. The largest absolute Gasteiger partial charge is 0.468 e. The third-order valence-corrected chi connectivity index (χ3v) is 3.70. The van der Waals surface area contributed by atoms with Crippen molar-refractivity contribution in [3.8, 4) is 5.95 Å². The van der Waals surface area contributed by atoms with Gasteiger partial charge in [0.15, 0.2) is 5.76 Å². The first-order valence-electron chi connectivity index (χ1n) is 7.24. The maximum absolute atomic E-state index is 12.0. The molecule has 1 fully saturated rings. The summed E-state index contributed by atoms with van der Waals surface area (Å²) in [4.78, 5) is 12.0. The molecule has 1 aliphatic heterocycles. The Morgan fingerprint density at radius 2 is 2.09 bits per heavy atom. The molecular weight excluding hydrogens is 282 g/mol. The highest BCUT2D eigenvalue weighted by molar-refractivity contribution is 5.91. The van der Waals surface area contributed by atoms with E-state index in [1.165, 1.54) is 12.7 Å². The number of furan rings is 1.